The predicted molar refractivity (Wildman–Crippen MR) is 155 cm³/mol. The lowest BCUT2D eigenvalue weighted by Gasteiger charge is -2.22. The van der Waals surface area contributed by atoms with Crippen LogP contribution in [0, 0.1) is 11.2 Å². The van der Waals surface area contributed by atoms with Gasteiger partial charge in [0, 0.05) is 48.2 Å². The highest BCUT2D eigenvalue weighted by Gasteiger charge is 2.26. The molecular formula is C30H35FN6O2. The summed E-state index contributed by atoms with van der Waals surface area (Å²) < 4.78 is 27.6. The second-order valence-electron chi connectivity index (χ2n) is 9.59. The number of nitrogens with one attached hydrogen (secondary N) is 3. The molecule has 0 aliphatic heterocycles. The normalized spacial score (nSPS) is 11.8. The fourth-order valence-corrected chi connectivity index (χ4v) is 4.31. The van der Waals surface area contributed by atoms with Gasteiger partial charge in [0.15, 0.2) is 11.6 Å². The number of ether oxygens (including phenoxy) is 2. The number of halogens is 1. The lowest BCUT2D eigenvalue weighted by Crippen LogP contribution is -2.18. The lowest BCUT2D eigenvalue weighted by molar-refractivity contribution is 0.228. The standard InChI is InChI=1S/C30H35FN6O2/c1-6-38-21-15-23(27(31)26(16-21)39-18(2)3)28(35-20-13-11-19(12-14-20)29(32)33)30-34-17-24(36-30)22-9-7-8-10-25(22)37(4)5/h7-18,28,35H,6H2,1-5H3,(H3,32,33)(H,34,36). The zero-order valence-electron chi connectivity index (χ0n) is 22.9. The molecule has 204 valence electrons. The Bertz CT molecular complexity index is 1430. The number of aromatic nitrogens is 2. The fourth-order valence-electron chi connectivity index (χ4n) is 4.31. The van der Waals surface area contributed by atoms with Crippen molar-refractivity contribution in [2.75, 3.05) is 30.9 Å². The van der Waals surface area contributed by atoms with Crippen molar-refractivity contribution in [1.82, 2.24) is 9.97 Å². The third-order valence-electron chi connectivity index (χ3n) is 6.08. The van der Waals surface area contributed by atoms with E-state index in [0.29, 0.717) is 35.0 Å². The Hall–Kier alpha value is -4.53. The van der Waals surface area contributed by atoms with E-state index in [0.717, 1.165) is 16.9 Å². The van der Waals surface area contributed by atoms with Crippen molar-refractivity contribution < 1.29 is 13.9 Å². The average molecular weight is 531 g/mol. The van der Waals surface area contributed by atoms with Crippen LogP contribution in [0.25, 0.3) is 11.3 Å². The van der Waals surface area contributed by atoms with E-state index in [4.69, 9.17) is 20.6 Å². The van der Waals surface area contributed by atoms with Gasteiger partial charge in [0.2, 0.25) is 0 Å². The van der Waals surface area contributed by atoms with E-state index < -0.39 is 11.9 Å². The molecule has 0 radical (unpaired) electrons. The number of benzene rings is 3. The molecule has 1 aromatic heterocycles. The lowest BCUT2D eigenvalue weighted by atomic mass is 10.0. The Morgan fingerprint density at radius 1 is 1.13 bits per heavy atom. The summed E-state index contributed by atoms with van der Waals surface area (Å²) in [5, 5.41) is 11.1. The van der Waals surface area contributed by atoms with Gasteiger partial charge in [-0.15, -0.1) is 0 Å². The van der Waals surface area contributed by atoms with E-state index in [-0.39, 0.29) is 17.7 Å². The van der Waals surface area contributed by atoms with Gasteiger partial charge in [-0.25, -0.2) is 9.37 Å². The number of H-pyrrole nitrogens is 1. The van der Waals surface area contributed by atoms with Crippen molar-refractivity contribution in [3.05, 3.63) is 89.6 Å². The van der Waals surface area contributed by atoms with Gasteiger partial charge in [-0.3, -0.25) is 5.41 Å². The number of para-hydroxylation sites is 1. The quantitative estimate of drug-likeness (QED) is 0.141. The Kier molecular flexibility index (Phi) is 8.39. The minimum Gasteiger partial charge on any atom is -0.494 e. The summed E-state index contributed by atoms with van der Waals surface area (Å²) in [5.74, 6) is 0.579. The van der Waals surface area contributed by atoms with Gasteiger partial charge in [0.1, 0.15) is 23.5 Å². The molecule has 39 heavy (non-hydrogen) atoms. The van der Waals surface area contributed by atoms with Crippen LogP contribution in [0.2, 0.25) is 0 Å². The first-order valence-corrected chi connectivity index (χ1v) is 12.8. The van der Waals surface area contributed by atoms with Gasteiger partial charge >= 0.3 is 0 Å². The molecule has 0 saturated heterocycles. The molecule has 0 bridgehead atoms. The highest BCUT2D eigenvalue weighted by atomic mass is 19.1. The zero-order chi connectivity index (χ0) is 28.1. The molecule has 0 fully saturated rings. The number of anilines is 2. The van der Waals surface area contributed by atoms with E-state index in [1.54, 1.807) is 42.6 Å². The molecule has 9 heteroatoms. The number of hydrogen-bond acceptors (Lipinski definition) is 6. The van der Waals surface area contributed by atoms with Crippen molar-refractivity contribution in [3.63, 3.8) is 0 Å². The maximum atomic E-state index is 16.0. The van der Waals surface area contributed by atoms with Crippen LogP contribution in [-0.2, 0) is 0 Å². The van der Waals surface area contributed by atoms with Crippen molar-refractivity contribution in [2.45, 2.75) is 32.9 Å². The maximum absolute atomic E-state index is 16.0. The van der Waals surface area contributed by atoms with Crippen molar-refractivity contribution in [2.24, 2.45) is 5.73 Å². The van der Waals surface area contributed by atoms with Crippen molar-refractivity contribution >= 4 is 17.2 Å². The van der Waals surface area contributed by atoms with Crippen LogP contribution in [0.4, 0.5) is 15.8 Å². The number of hydrogen-bond donors (Lipinski definition) is 4. The monoisotopic (exact) mass is 530 g/mol. The molecule has 0 aliphatic carbocycles. The topological polar surface area (TPSA) is 112 Å². The predicted octanol–water partition coefficient (Wildman–Crippen LogP) is 5.95. The van der Waals surface area contributed by atoms with Crippen LogP contribution in [-0.4, -0.2) is 42.6 Å². The summed E-state index contributed by atoms with van der Waals surface area (Å²) in [6.45, 7) is 5.99. The number of aromatic amines is 1. The summed E-state index contributed by atoms with van der Waals surface area (Å²) in [5.41, 5.74) is 10.0. The van der Waals surface area contributed by atoms with Gasteiger partial charge in [-0.1, -0.05) is 18.2 Å². The SMILES string of the molecule is CCOc1cc(OC(C)C)c(F)c(C(Nc2ccc(C(=N)N)cc2)c2ncc(-c3ccccc3N(C)C)[nH]2)c1. The molecule has 0 aliphatic rings. The number of amidine groups is 1. The molecular weight excluding hydrogens is 495 g/mol. The van der Waals surface area contributed by atoms with Gasteiger partial charge < -0.3 is 30.4 Å². The van der Waals surface area contributed by atoms with Crippen molar-refractivity contribution in [3.8, 4) is 22.8 Å². The Morgan fingerprint density at radius 2 is 1.85 bits per heavy atom. The number of rotatable bonds is 11. The second kappa shape index (κ2) is 11.9. The van der Waals surface area contributed by atoms with Gasteiger partial charge in [-0.2, -0.15) is 0 Å². The van der Waals surface area contributed by atoms with E-state index in [9.17, 15) is 0 Å². The van der Waals surface area contributed by atoms with Gasteiger partial charge in [0.05, 0.1) is 24.6 Å². The fraction of sp³-hybridized carbons (Fsp3) is 0.267. The number of nitrogens with zero attached hydrogens (tertiary/aromatic N) is 2. The van der Waals surface area contributed by atoms with E-state index in [1.165, 1.54) is 0 Å². The molecule has 4 rings (SSSR count). The second-order valence-corrected chi connectivity index (χ2v) is 9.59. The van der Waals surface area contributed by atoms with Crippen LogP contribution in [0.5, 0.6) is 11.5 Å². The molecule has 4 aromatic rings. The summed E-state index contributed by atoms with van der Waals surface area (Å²) in [6.07, 6.45) is 1.52. The third-order valence-corrected chi connectivity index (χ3v) is 6.08. The smallest absolute Gasteiger partial charge is 0.171 e. The molecule has 0 spiro atoms. The van der Waals surface area contributed by atoms with Gasteiger partial charge in [-0.05, 0) is 57.2 Å². The maximum Gasteiger partial charge on any atom is 0.171 e. The highest BCUT2D eigenvalue weighted by Crippen LogP contribution is 2.37. The van der Waals surface area contributed by atoms with E-state index >= 15 is 4.39 Å². The van der Waals surface area contributed by atoms with Gasteiger partial charge in [0.25, 0.3) is 0 Å². The zero-order valence-corrected chi connectivity index (χ0v) is 22.9. The number of imidazole rings is 1. The molecule has 0 saturated carbocycles. The van der Waals surface area contributed by atoms with E-state index in [1.807, 2.05) is 64.0 Å². The number of nitrogen functional groups attached to an aromatic ring is 1. The Morgan fingerprint density at radius 3 is 2.49 bits per heavy atom. The molecule has 8 nitrogen and oxygen atoms in total. The third kappa shape index (κ3) is 6.31. The van der Waals surface area contributed by atoms with Crippen LogP contribution in [0.15, 0.2) is 66.9 Å². The first-order valence-electron chi connectivity index (χ1n) is 12.8. The first kappa shape index (κ1) is 27.5. The molecule has 1 heterocycles. The Labute approximate surface area is 228 Å². The summed E-state index contributed by atoms with van der Waals surface area (Å²) >= 11 is 0. The average Bonchev–Trinajstić information content (AvgIpc) is 3.39. The summed E-state index contributed by atoms with van der Waals surface area (Å²) in [7, 11) is 3.96. The van der Waals surface area contributed by atoms with E-state index in [2.05, 4.69) is 15.3 Å². The largest absolute Gasteiger partial charge is 0.494 e. The van der Waals surface area contributed by atoms with Crippen LogP contribution >= 0.6 is 0 Å². The van der Waals surface area contributed by atoms with Crippen molar-refractivity contribution in [1.29, 1.82) is 5.41 Å². The molecule has 1 atom stereocenters. The molecule has 3 aromatic carbocycles. The highest BCUT2D eigenvalue weighted by molar-refractivity contribution is 5.95. The minimum absolute atomic E-state index is 0.0285. The molecule has 5 N–H and O–H groups in total. The summed E-state index contributed by atoms with van der Waals surface area (Å²) in [4.78, 5) is 10.1. The van der Waals surface area contributed by atoms with Crippen LogP contribution < -0.4 is 25.4 Å². The summed E-state index contributed by atoms with van der Waals surface area (Å²) in [6, 6.07) is 17.6. The molecule has 0 amide bonds. The molecule has 1 unspecified atom stereocenters. The van der Waals surface area contributed by atoms with Crippen LogP contribution in [0.3, 0.4) is 0 Å². The van der Waals surface area contributed by atoms with Crippen LogP contribution in [0.1, 0.15) is 43.8 Å². The minimum atomic E-state index is -0.719. The number of nitrogens with two attached hydrogens (primary N) is 1. The first-order chi connectivity index (χ1) is 18.7. The Balaban J connectivity index is 1.84.